The number of carbonyl (C=O) groups excluding carboxylic acids is 1. The van der Waals surface area contributed by atoms with Crippen molar-refractivity contribution in [2.24, 2.45) is 0 Å². The second kappa shape index (κ2) is 8.10. The van der Waals surface area contributed by atoms with E-state index in [4.69, 9.17) is 0 Å². The number of fused-ring (bicyclic) bond motifs is 1. The van der Waals surface area contributed by atoms with E-state index in [1.54, 1.807) is 17.7 Å². The van der Waals surface area contributed by atoms with Gasteiger partial charge in [0.05, 0.1) is 11.9 Å². The Morgan fingerprint density at radius 3 is 2.88 bits per heavy atom. The number of aromatic nitrogens is 2. The first kappa shape index (κ1) is 18.1. The summed E-state index contributed by atoms with van der Waals surface area (Å²) in [7, 11) is 0. The number of nitrogens with one attached hydrogen (secondary N) is 1. The molecule has 2 aromatic heterocycles. The summed E-state index contributed by atoms with van der Waals surface area (Å²) < 4.78 is 0. The van der Waals surface area contributed by atoms with Gasteiger partial charge in [-0.3, -0.25) is 9.69 Å². The van der Waals surface area contributed by atoms with Gasteiger partial charge < -0.3 is 10.2 Å². The Morgan fingerprint density at radius 2 is 2.12 bits per heavy atom. The minimum Gasteiger partial charge on any atom is -0.355 e. The molecule has 0 spiro atoms. The van der Waals surface area contributed by atoms with Gasteiger partial charge in [-0.15, -0.1) is 11.3 Å². The topological polar surface area (TPSA) is 61.4 Å². The molecule has 1 aliphatic rings. The lowest BCUT2D eigenvalue weighted by Crippen LogP contribution is -2.41. The predicted molar refractivity (Wildman–Crippen MR) is 103 cm³/mol. The number of thiophene rings is 1. The van der Waals surface area contributed by atoms with Crippen molar-refractivity contribution in [2.75, 3.05) is 37.6 Å². The van der Waals surface area contributed by atoms with E-state index in [-0.39, 0.29) is 11.9 Å². The molecule has 1 N–H and O–H groups in total. The second-order valence-electron chi connectivity index (χ2n) is 6.82. The van der Waals surface area contributed by atoms with Crippen molar-refractivity contribution in [3.8, 4) is 0 Å². The predicted octanol–water partition coefficient (Wildman–Crippen LogP) is 2.29. The molecule has 0 atom stereocenters. The highest BCUT2D eigenvalue weighted by molar-refractivity contribution is 7.18. The Hall–Kier alpha value is -1.73. The number of hydrogen-bond acceptors (Lipinski definition) is 6. The van der Waals surface area contributed by atoms with Gasteiger partial charge in [0, 0.05) is 37.1 Å². The van der Waals surface area contributed by atoms with Crippen LogP contribution in [0.15, 0.2) is 12.4 Å². The third-order valence-corrected chi connectivity index (χ3v) is 5.60. The lowest BCUT2D eigenvalue weighted by molar-refractivity contribution is -0.122. The lowest BCUT2D eigenvalue weighted by Gasteiger charge is -2.23. The van der Waals surface area contributed by atoms with E-state index in [1.807, 2.05) is 13.8 Å². The van der Waals surface area contributed by atoms with Crippen LogP contribution in [0.2, 0.25) is 0 Å². The maximum atomic E-state index is 12.0. The Morgan fingerprint density at radius 1 is 1.28 bits per heavy atom. The molecule has 0 aliphatic carbocycles. The number of hydrogen-bond donors (Lipinski definition) is 1. The molecule has 3 rings (SSSR count). The summed E-state index contributed by atoms with van der Waals surface area (Å²) in [6.45, 7) is 10.3. The molecular weight excluding hydrogens is 334 g/mol. The summed E-state index contributed by atoms with van der Waals surface area (Å²) in [5, 5.41) is 4.14. The molecule has 136 valence electrons. The van der Waals surface area contributed by atoms with Gasteiger partial charge in [0.1, 0.15) is 17.0 Å². The Bertz CT molecular complexity index is 729. The molecule has 1 aliphatic heterocycles. The van der Waals surface area contributed by atoms with E-state index in [0.717, 1.165) is 55.1 Å². The Balaban J connectivity index is 1.69. The fourth-order valence-electron chi connectivity index (χ4n) is 3.23. The highest BCUT2D eigenvalue weighted by atomic mass is 32.1. The van der Waals surface area contributed by atoms with E-state index in [9.17, 15) is 4.79 Å². The van der Waals surface area contributed by atoms with Gasteiger partial charge in [0.2, 0.25) is 5.91 Å². The summed E-state index contributed by atoms with van der Waals surface area (Å²) in [4.78, 5) is 28.0. The van der Waals surface area contributed by atoms with Crippen LogP contribution in [0, 0.1) is 0 Å². The van der Waals surface area contributed by atoms with Gasteiger partial charge in [-0.25, -0.2) is 9.97 Å². The first-order chi connectivity index (χ1) is 12.1. The van der Waals surface area contributed by atoms with E-state index < -0.39 is 0 Å². The van der Waals surface area contributed by atoms with Crippen LogP contribution in [-0.4, -0.2) is 59.5 Å². The third kappa shape index (κ3) is 4.46. The fourth-order valence-corrected chi connectivity index (χ4v) is 4.16. The van der Waals surface area contributed by atoms with Crippen LogP contribution in [0.3, 0.4) is 0 Å². The van der Waals surface area contributed by atoms with Gasteiger partial charge in [-0.05, 0) is 32.8 Å². The summed E-state index contributed by atoms with van der Waals surface area (Å²) >= 11 is 1.75. The van der Waals surface area contributed by atoms with Crippen molar-refractivity contribution in [2.45, 2.75) is 39.7 Å². The van der Waals surface area contributed by atoms with Gasteiger partial charge in [0.25, 0.3) is 0 Å². The molecule has 2 aromatic rings. The number of aryl methyl sites for hydroxylation is 1. The van der Waals surface area contributed by atoms with Crippen LogP contribution in [0.4, 0.5) is 5.82 Å². The van der Waals surface area contributed by atoms with Crippen LogP contribution in [-0.2, 0) is 11.2 Å². The zero-order valence-electron chi connectivity index (χ0n) is 15.3. The Labute approximate surface area is 153 Å². The van der Waals surface area contributed by atoms with Gasteiger partial charge >= 0.3 is 0 Å². The molecule has 0 unspecified atom stereocenters. The standard InChI is InChI=1S/C18H27N5OS/c1-4-14-10-15-17(19-12-20-18(15)25-14)23-7-5-6-22(8-9-23)11-16(24)21-13(2)3/h10,12-13H,4-9,11H2,1-3H3,(H,21,24). The quantitative estimate of drug-likeness (QED) is 0.885. The number of rotatable bonds is 5. The molecule has 6 nitrogen and oxygen atoms in total. The molecule has 0 bridgehead atoms. The average Bonchev–Trinajstić information content (AvgIpc) is 2.87. The smallest absolute Gasteiger partial charge is 0.234 e. The molecule has 1 saturated heterocycles. The Kier molecular flexibility index (Phi) is 5.86. The summed E-state index contributed by atoms with van der Waals surface area (Å²) in [6.07, 6.45) is 3.73. The molecular formula is C18H27N5OS. The van der Waals surface area contributed by atoms with E-state index in [2.05, 4.69) is 38.1 Å². The highest BCUT2D eigenvalue weighted by Gasteiger charge is 2.20. The highest BCUT2D eigenvalue weighted by Crippen LogP contribution is 2.30. The molecule has 1 fully saturated rings. The minimum absolute atomic E-state index is 0.110. The van der Waals surface area contributed by atoms with Crippen LogP contribution >= 0.6 is 11.3 Å². The van der Waals surface area contributed by atoms with Crippen molar-refractivity contribution in [3.63, 3.8) is 0 Å². The van der Waals surface area contributed by atoms with Crippen LogP contribution in [0.1, 0.15) is 32.1 Å². The molecule has 0 radical (unpaired) electrons. The first-order valence-corrected chi connectivity index (χ1v) is 9.88. The average molecular weight is 362 g/mol. The summed E-state index contributed by atoms with van der Waals surface area (Å²) in [5.74, 6) is 1.15. The minimum atomic E-state index is 0.110. The largest absolute Gasteiger partial charge is 0.355 e. The van der Waals surface area contributed by atoms with Gasteiger partial charge in [-0.2, -0.15) is 0 Å². The normalized spacial score (nSPS) is 16.4. The molecule has 0 aromatic carbocycles. The van der Waals surface area contributed by atoms with Crippen LogP contribution in [0.25, 0.3) is 10.2 Å². The molecule has 3 heterocycles. The van der Waals surface area contributed by atoms with Crippen LogP contribution < -0.4 is 10.2 Å². The van der Waals surface area contributed by atoms with E-state index in [0.29, 0.717) is 6.54 Å². The zero-order chi connectivity index (χ0) is 17.8. The first-order valence-electron chi connectivity index (χ1n) is 9.07. The number of anilines is 1. The van der Waals surface area contributed by atoms with Crippen molar-refractivity contribution in [3.05, 3.63) is 17.3 Å². The summed E-state index contributed by atoms with van der Waals surface area (Å²) in [5.41, 5.74) is 0. The molecule has 0 saturated carbocycles. The maximum absolute atomic E-state index is 12.0. The monoisotopic (exact) mass is 361 g/mol. The van der Waals surface area contributed by atoms with Crippen molar-refractivity contribution in [1.29, 1.82) is 0 Å². The number of carbonyl (C=O) groups is 1. The second-order valence-corrected chi connectivity index (χ2v) is 7.94. The maximum Gasteiger partial charge on any atom is 0.234 e. The van der Waals surface area contributed by atoms with Crippen molar-refractivity contribution >= 4 is 33.3 Å². The zero-order valence-corrected chi connectivity index (χ0v) is 16.1. The SMILES string of the molecule is CCc1cc2c(N3CCCN(CC(=O)NC(C)C)CC3)ncnc2s1. The fraction of sp³-hybridized carbons (Fsp3) is 0.611. The molecule has 1 amide bonds. The summed E-state index contributed by atoms with van der Waals surface area (Å²) in [6, 6.07) is 2.42. The van der Waals surface area contributed by atoms with E-state index >= 15 is 0 Å². The third-order valence-electron chi connectivity index (χ3n) is 4.41. The molecule has 25 heavy (non-hydrogen) atoms. The lowest BCUT2D eigenvalue weighted by atomic mass is 10.3. The van der Waals surface area contributed by atoms with Crippen molar-refractivity contribution in [1.82, 2.24) is 20.2 Å². The molecule has 7 heteroatoms. The van der Waals surface area contributed by atoms with E-state index in [1.165, 1.54) is 4.88 Å². The number of nitrogens with zero attached hydrogens (tertiary/aromatic N) is 4. The van der Waals surface area contributed by atoms with Crippen molar-refractivity contribution < 1.29 is 4.79 Å². The number of amides is 1. The van der Waals surface area contributed by atoms with Gasteiger partial charge in [-0.1, -0.05) is 6.92 Å². The van der Waals surface area contributed by atoms with Crippen LogP contribution in [0.5, 0.6) is 0 Å². The van der Waals surface area contributed by atoms with Gasteiger partial charge in [0.15, 0.2) is 0 Å².